The van der Waals surface area contributed by atoms with Gasteiger partial charge in [0.05, 0.1) is 13.2 Å². The highest BCUT2D eigenvalue weighted by atomic mass is 16.7. The third-order valence-corrected chi connectivity index (χ3v) is 5.46. The molecule has 0 saturated carbocycles. The third kappa shape index (κ3) is 3.29. The summed E-state index contributed by atoms with van der Waals surface area (Å²) in [6.45, 7) is 5.23. The van der Waals surface area contributed by atoms with Gasteiger partial charge in [-0.15, -0.1) is 0 Å². The van der Waals surface area contributed by atoms with Gasteiger partial charge in [-0.3, -0.25) is 4.90 Å². The quantitative estimate of drug-likeness (QED) is 0.693. The molecule has 5 rings (SSSR count). The lowest BCUT2D eigenvalue weighted by Crippen LogP contribution is -2.37. The van der Waals surface area contributed by atoms with Crippen molar-refractivity contribution in [3.63, 3.8) is 0 Å². The van der Waals surface area contributed by atoms with Crippen molar-refractivity contribution >= 4 is 5.52 Å². The second kappa shape index (κ2) is 7.25. The highest BCUT2D eigenvalue weighted by Gasteiger charge is 2.18. The molecule has 2 aromatic heterocycles. The molecule has 0 aliphatic carbocycles. The molecule has 5 nitrogen and oxygen atoms in total. The summed E-state index contributed by atoms with van der Waals surface area (Å²) in [5.41, 5.74) is 5.05. The maximum absolute atomic E-state index is 5.59. The molecule has 0 N–H and O–H groups in total. The van der Waals surface area contributed by atoms with Crippen LogP contribution in [-0.4, -0.2) is 48.9 Å². The minimum Gasteiger partial charge on any atom is -0.454 e. The number of hydrogen-bond donors (Lipinski definition) is 0. The first-order valence-electron chi connectivity index (χ1n) is 9.67. The Labute approximate surface area is 159 Å². The van der Waals surface area contributed by atoms with Gasteiger partial charge in [-0.25, -0.2) is 0 Å². The predicted octanol–water partition coefficient (Wildman–Crippen LogP) is 3.60. The summed E-state index contributed by atoms with van der Waals surface area (Å²) >= 11 is 0. The van der Waals surface area contributed by atoms with Crippen LogP contribution in [0.25, 0.3) is 16.6 Å². The molecule has 2 aliphatic heterocycles. The van der Waals surface area contributed by atoms with Crippen molar-refractivity contribution in [2.75, 3.05) is 39.6 Å². The van der Waals surface area contributed by atoms with E-state index in [4.69, 9.17) is 14.2 Å². The Kier molecular flexibility index (Phi) is 4.47. The SMILES string of the molecule is c1ccn2c(CCCN3CCOCC3)c(-c3ccc4c(c3)OCO4)cc2c1. The van der Waals surface area contributed by atoms with Gasteiger partial charge in [0.25, 0.3) is 0 Å². The summed E-state index contributed by atoms with van der Waals surface area (Å²) in [5, 5.41) is 0. The van der Waals surface area contributed by atoms with Gasteiger partial charge in [-0.1, -0.05) is 12.1 Å². The van der Waals surface area contributed by atoms with Gasteiger partial charge >= 0.3 is 0 Å². The van der Waals surface area contributed by atoms with Crippen molar-refractivity contribution in [1.29, 1.82) is 0 Å². The summed E-state index contributed by atoms with van der Waals surface area (Å²) in [5.74, 6) is 1.67. The molecule has 3 aromatic rings. The van der Waals surface area contributed by atoms with Crippen LogP contribution in [0.3, 0.4) is 0 Å². The van der Waals surface area contributed by atoms with Gasteiger partial charge in [0.15, 0.2) is 11.5 Å². The Balaban J connectivity index is 1.44. The van der Waals surface area contributed by atoms with Crippen LogP contribution in [0, 0.1) is 0 Å². The summed E-state index contributed by atoms with van der Waals surface area (Å²) < 4.78 is 18.8. The fourth-order valence-corrected chi connectivity index (χ4v) is 4.04. The number of aryl methyl sites for hydroxylation is 1. The average molecular weight is 364 g/mol. The van der Waals surface area contributed by atoms with Crippen LogP contribution in [0.1, 0.15) is 12.1 Å². The molecular formula is C22H24N2O3. The molecule has 0 radical (unpaired) electrons. The van der Waals surface area contributed by atoms with E-state index in [1.54, 1.807) is 0 Å². The lowest BCUT2D eigenvalue weighted by atomic mass is 10.0. The number of benzene rings is 1. The topological polar surface area (TPSA) is 35.3 Å². The van der Waals surface area contributed by atoms with Crippen molar-refractivity contribution < 1.29 is 14.2 Å². The number of morpholine rings is 1. The largest absolute Gasteiger partial charge is 0.454 e. The summed E-state index contributed by atoms with van der Waals surface area (Å²) in [7, 11) is 0. The molecule has 0 atom stereocenters. The smallest absolute Gasteiger partial charge is 0.231 e. The first kappa shape index (κ1) is 16.7. The number of hydrogen-bond acceptors (Lipinski definition) is 4. The Morgan fingerprint density at radius 2 is 1.81 bits per heavy atom. The lowest BCUT2D eigenvalue weighted by Gasteiger charge is -2.26. The highest BCUT2D eigenvalue weighted by molar-refractivity contribution is 5.75. The number of pyridine rings is 1. The maximum atomic E-state index is 5.59. The second-order valence-electron chi connectivity index (χ2n) is 7.13. The van der Waals surface area contributed by atoms with Crippen molar-refractivity contribution in [2.45, 2.75) is 12.8 Å². The van der Waals surface area contributed by atoms with Gasteiger partial charge in [-0.2, -0.15) is 0 Å². The Morgan fingerprint density at radius 1 is 0.926 bits per heavy atom. The molecule has 0 amide bonds. The Hall–Kier alpha value is -2.50. The maximum Gasteiger partial charge on any atom is 0.231 e. The van der Waals surface area contributed by atoms with E-state index < -0.39 is 0 Å². The van der Waals surface area contributed by atoms with E-state index in [1.165, 1.54) is 22.3 Å². The van der Waals surface area contributed by atoms with Gasteiger partial charge in [0, 0.05) is 36.1 Å². The van der Waals surface area contributed by atoms with Gasteiger partial charge in [0.1, 0.15) is 0 Å². The zero-order valence-electron chi connectivity index (χ0n) is 15.4. The van der Waals surface area contributed by atoms with Crippen LogP contribution in [0.15, 0.2) is 48.7 Å². The standard InChI is InChI=1S/C22H24N2O3/c1-2-9-24-18(4-1)15-19(17-6-7-21-22(14-17)27-16-26-21)20(24)5-3-8-23-10-12-25-13-11-23/h1-2,4,6-7,9,14-15H,3,5,8,10-13,16H2. The van der Waals surface area contributed by atoms with Crippen molar-refractivity contribution in [1.82, 2.24) is 9.30 Å². The molecule has 1 fully saturated rings. The number of nitrogens with zero attached hydrogens (tertiary/aromatic N) is 2. The summed E-state index contributed by atoms with van der Waals surface area (Å²) in [6, 6.07) is 14.9. The zero-order valence-corrected chi connectivity index (χ0v) is 15.4. The van der Waals surface area contributed by atoms with Gasteiger partial charge in [-0.05, 0) is 55.3 Å². The van der Waals surface area contributed by atoms with Crippen molar-refractivity contribution in [3.05, 3.63) is 54.4 Å². The van der Waals surface area contributed by atoms with Crippen LogP contribution in [0.4, 0.5) is 0 Å². The minimum atomic E-state index is 0.308. The van der Waals surface area contributed by atoms with Gasteiger partial charge < -0.3 is 18.6 Å². The van der Waals surface area contributed by atoms with Crippen LogP contribution < -0.4 is 9.47 Å². The first-order chi connectivity index (χ1) is 13.4. The minimum absolute atomic E-state index is 0.308. The molecule has 1 aromatic carbocycles. The fourth-order valence-electron chi connectivity index (χ4n) is 4.04. The molecule has 27 heavy (non-hydrogen) atoms. The number of ether oxygens (including phenoxy) is 3. The molecular weight excluding hydrogens is 340 g/mol. The molecule has 1 saturated heterocycles. The fraction of sp³-hybridized carbons (Fsp3) is 0.364. The Morgan fingerprint density at radius 3 is 2.74 bits per heavy atom. The number of aromatic nitrogens is 1. The van der Waals surface area contributed by atoms with E-state index >= 15 is 0 Å². The van der Waals surface area contributed by atoms with Crippen LogP contribution in [0.2, 0.25) is 0 Å². The summed E-state index contributed by atoms with van der Waals surface area (Å²) in [4.78, 5) is 2.50. The van der Waals surface area contributed by atoms with Crippen LogP contribution >= 0.6 is 0 Å². The number of rotatable bonds is 5. The normalized spacial score (nSPS) is 16.9. The molecule has 140 valence electrons. The predicted molar refractivity (Wildman–Crippen MR) is 105 cm³/mol. The van der Waals surface area contributed by atoms with E-state index in [1.807, 2.05) is 6.07 Å². The average Bonchev–Trinajstić information content (AvgIpc) is 3.33. The first-order valence-corrected chi connectivity index (χ1v) is 9.67. The number of fused-ring (bicyclic) bond motifs is 2. The van der Waals surface area contributed by atoms with Gasteiger partial charge in [0.2, 0.25) is 6.79 Å². The van der Waals surface area contributed by atoms with Crippen molar-refractivity contribution in [2.24, 2.45) is 0 Å². The molecule has 0 spiro atoms. The van der Waals surface area contributed by atoms with E-state index in [0.717, 1.165) is 57.2 Å². The van der Waals surface area contributed by atoms with E-state index in [0.29, 0.717) is 6.79 Å². The lowest BCUT2D eigenvalue weighted by molar-refractivity contribution is 0.0374. The summed E-state index contributed by atoms with van der Waals surface area (Å²) in [6.07, 6.45) is 4.34. The second-order valence-corrected chi connectivity index (χ2v) is 7.13. The van der Waals surface area contributed by atoms with Crippen molar-refractivity contribution in [3.8, 4) is 22.6 Å². The monoisotopic (exact) mass is 364 g/mol. The molecule has 2 aliphatic rings. The van der Waals surface area contributed by atoms with E-state index in [9.17, 15) is 0 Å². The van der Waals surface area contributed by atoms with Crippen LogP contribution in [0.5, 0.6) is 11.5 Å². The molecule has 0 bridgehead atoms. The Bertz CT molecular complexity index is 944. The third-order valence-electron chi connectivity index (χ3n) is 5.46. The highest BCUT2D eigenvalue weighted by Crippen LogP contribution is 2.38. The zero-order chi connectivity index (χ0) is 18.1. The molecule has 0 unspecified atom stereocenters. The van der Waals surface area contributed by atoms with E-state index in [2.05, 4.69) is 51.9 Å². The van der Waals surface area contributed by atoms with E-state index in [-0.39, 0.29) is 0 Å². The molecule has 4 heterocycles. The molecule has 5 heteroatoms. The van der Waals surface area contributed by atoms with Crippen LogP contribution in [-0.2, 0) is 11.2 Å².